The first-order valence-corrected chi connectivity index (χ1v) is 6.02. The van der Waals surface area contributed by atoms with Crippen molar-refractivity contribution in [2.75, 3.05) is 5.43 Å². The molecule has 110 valence electrons. The summed E-state index contributed by atoms with van der Waals surface area (Å²) < 4.78 is 50.4. The third kappa shape index (κ3) is 3.91. The topological polar surface area (TPSA) is 37.3 Å². The first-order chi connectivity index (χ1) is 9.88. The third-order valence-electron chi connectivity index (χ3n) is 2.46. The van der Waals surface area contributed by atoms with Crippen molar-refractivity contribution in [3.05, 3.63) is 58.5 Å². The molecule has 0 radical (unpaired) electrons. The number of aromatic nitrogens is 1. The fraction of sp³-hybridized carbons (Fsp3) is 0.0769. The summed E-state index contributed by atoms with van der Waals surface area (Å²) in [5.74, 6) is -0.472. The fourth-order valence-corrected chi connectivity index (χ4v) is 1.64. The average molecular weight is 318 g/mol. The van der Waals surface area contributed by atoms with Crippen molar-refractivity contribution in [1.82, 2.24) is 4.98 Å². The Morgan fingerprint density at radius 3 is 2.52 bits per heavy atom. The molecule has 2 rings (SSSR count). The van der Waals surface area contributed by atoms with E-state index in [1.165, 1.54) is 18.2 Å². The van der Waals surface area contributed by atoms with Gasteiger partial charge in [0, 0.05) is 11.8 Å². The lowest BCUT2D eigenvalue weighted by atomic mass is 10.2. The van der Waals surface area contributed by atoms with Gasteiger partial charge in [-0.15, -0.1) is 0 Å². The summed E-state index contributed by atoms with van der Waals surface area (Å²) in [6.07, 6.45) is -2.65. The van der Waals surface area contributed by atoms with Crippen LogP contribution in [0.4, 0.5) is 23.4 Å². The van der Waals surface area contributed by atoms with Gasteiger partial charge in [0.05, 0.1) is 16.8 Å². The van der Waals surface area contributed by atoms with Gasteiger partial charge in [-0.2, -0.15) is 18.3 Å². The first kappa shape index (κ1) is 15.2. The van der Waals surface area contributed by atoms with Crippen molar-refractivity contribution in [3.63, 3.8) is 0 Å². The van der Waals surface area contributed by atoms with Crippen molar-refractivity contribution in [2.45, 2.75) is 6.18 Å². The number of hydrogen-bond donors (Lipinski definition) is 1. The molecule has 8 heteroatoms. The molecule has 2 aromatic rings. The van der Waals surface area contributed by atoms with Crippen molar-refractivity contribution < 1.29 is 17.6 Å². The number of benzene rings is 1. The quantitative estimate of drug-likeness (QED) is 0.519. The van der Waals surface area contributed by atoms with Gasteiger partial charge in [0.15, 0.2) is 0 Å². The second-order valence-electron chi connectivity index (χ2n) is 3.94. The highest BCUT2D eigenvalue weighted by Gasteiger charge is 2.30. The van der Waals surface area contributed by atoms with E-state index in [4.69, 9.17) is 11.6 Å². The standard InChI is InChI=1S/C13H8ClF4N3/c14-10-2-1-3-11(15)9(10)7-20-21-12-5-4-8(6-19-12)13(16,17)18/h1-7H,(H,19,21)/b20-7-. The Morgan fingerprint density at radius 2 is 1.95 bits per heavy atom. The minimum absolute atomic E-state index is 0.0681. The average Bonchev–Trinajstić information content (AvgIpc) is 2.42. The molecule has 0 unspecified atom stereocenters. The molecule has 1 heterocycles. The SMILES string of the molecule is Fc1cccc(Cl)c1/C=N\Nc1ccc(C(F)(F)F)cn1. The van der Waals surface area contributed by atoms with Crippen molar-refractivity contribution in [1.29, 1.82) is 0 Å². The van der Waals surface area contributed by atoms with Gasteiger partial charge in [0.1, 0.15) is 11.6 Å². The van der Waals surface area contributed by atoms with E-state index in [1.807, 2.05) is 0 Å². The zero-order chi connectivity index (χ0) is 15.5. The second kappa shape index (κ2) is 6.09. The Balaban J connectivity index is 2.08. The van der Waals surface area contributed by atoms with Crippen LogP contribution in [-0.4, -0.2) is 11.2 Å². The van der Waals surface area contributed by atoms with Gasteiger partial charge in [-0.3, -0.25) is 5.43 Å². The van der Waals surface area contributed by atoms with E-state index >= 15 is 0 Å². The molecule has 1 aromatic heterocycles. The van der Waals surface area contributed by atoms with E-state index in [9.17, 15) is 17.6 Å². The summed E-state index contributed by atoms with van der Waals surface area (Å²) in [5.41, 5.74) is 1.59. The maximum Gasteiger partial charge on any atom is 0.417 e. The zero-order valence-electron chi connectivity index (χ0n) is 10.3. The monoisotopic (exact) mass is 317 g/mol. The van der Waals surface area contributed by atoms with E-state index in [1.54, 1.807) is 0 Å². The lowest BCUT2D eigenvalue weighted by Gasteiger charge is -2.06. The summed E-state index contributed by atoms with van der Waals surface area (Å²) in [6.45, 7) is 0. The molecule has 0 spiro atoms. The smallest absolute Gasteiger partial charge is 0.261 e. The molecule has 0 saturated carbocycles. The Hall–Kier alpha value is -2.15. The second-order valence-corrected chi connectivity index (χ2v) is 4.34. The van der Waals surface area contributed by atoms with Gasteiger partial charge in [-0.25, -0.2) is 9.37 Å². The van der Waals surface area contributed by atoms with Crippen molar-refractivity contribution >= 4 is 23.6 Å². The molecule has 3 nitrogen and oxygen atoms in total. The van der Waals surface area contributed by atoms with Crippen molar-refractivity contribution in [2.24, 2.45) is 5.10 Å². The zero-order valence-corrected chi connectivity index (χ0v) is 11.1. The van der Waals surface area contributed by atoms with Gasteiger partial charge in [0.25, 0.3) is 0 Å². The van der Waals surface area contributed by atoms with Gasteiger partial charge in [-0.1, -0.05) is 17.7 Å². The predicted molar refractivity (Wildman–Crippen MR) is 71.9 cm³/mol. The molecule has 0 bridgehead atoms. The van der Waals surface area contributed by atoms with Gasteiger partial charge in [-0.05, 0) is 24.3 Å². The maximum atomic E-state index is 13.4. The number of nitrogens with zero attached hydrogens (tertiary/aromatic N) is 2. The maximum absolute atomic E-state index is 13.4. The lowest BCUT2D eigenvalue weighted by molar-refractivity contribution is -0.137. The van der Waals surface area contributed by atoms with Gasteiger partial charge < -0.3 is 0 Å². The van der Waals surface area contributed by atoms with E-state index in [0.717, 1.165) is 18.3 Å². The lowest BCUT2D eigenvalue weighted by Crippen LogP contribution is -2.05. The van der Waals surface area contributed by atoms with E-state index in [2.05, 4.69) is 15.5 Å². The van der Waals surface area contributed by atoms with Crippen LogP contribution in [0.15, 0.2) is 41.6 Å². The Labute approximate surface area is 122 Å². The minimum Gasteiger partial charge on any atom is -0.261 e. The van der Waals surface area contributed by atoms with Crippen LogP contribution in [0.3, 0.4) is 0 Å². The molecule has 0 saturated heterocycles. The Bertz CT molecular complexity index is 633. The van der Waals surface area contributed by atoms with Crippen LogP contribution in [0.25, 0.3) is 0 Å². The number of rotatable bonds is 3. The van der Waals surface area contributed by atoms with Crippen LogP contribution < -0.4 is 5.43 Å². The van der Waals surface area contributed by atoms with Crippen LogP contribution >= 0.6 is 11.6 Å². The minimum atomic E-state index is -4.45. The molecule has 0 aliphatic carbocycles. The molecular weight excluding hydrogens is 310 g/mol. The van der Waals surface area contributed by atoms with Crippen LogP contribution in [0.2, 0.25) is 5.02 Å². The highest BCUT2D eigenvalue weighted by atomic mass is 35.5. The Morgan fingerprint density at radius 1 is 1.19 bits per heavy atom. The number of alkyl halides is 3. The summed E-state index contributed by atoms with van der Waals surface area (Å²) in [7, 11) is 0. The normalized spacial score (nSPS) is 11.9. The summed E-state index contributed by atoms with van der Waals surface area (Å²) in [6, 6.07) is 6.12. The summed E-state index contributed by atoms with van der Waals surface area (Å²) in [4.78, 5) is 3.55. The van der Waals surface area contributed by atoms with Gasteiger partial charge in [0.2, 0.25) is 0 Å². The third-order valence-corrected chi connectivity index (χ3v) is 2.79. The molecule has 0 aliphatic rings. The van der Waals surface area contributed by atoms with Crippen LogP contribution in [0.5, 0.6) is 0 Å². The molecule has 0 fully saturated rings. The number of nitrogens with one attached hydrogen (secondary N) is 1. The largest absolute Gasteiger partial charge is 0.417 e. The summed E-state index contributed by atoms with van der Waals surface area (Å²) in [5, 5.41) is 3.85. The first-order valence-electron chi connectivity index (χ1n) is 5.64. The molecule has 1 aromatic carbocycles. The predicted octanol–water partition coefficient (Wildman–Crippen LogP) is 4.34. The number of halogens is 5. The van der Waals surface area contributed by atoms with Crippen LogP contribution in [-0.2, 0) is 6.18 Å². The van der Waals surface area contributed by atoms with Crippen LogP contribution in [0, 0.1) is 5.82 Å². The fourth-order valence-electron chi connectivity index (χ4n) is 1.42. The number of anilines is 1. The number of hydrogen-bond acceptors (Lipinski definition) is 3. The van der Waals surface area contributed by atoms with E-state index in [0.29, 0.717) is 6.20 Å². The number of hydrazone groups is 1. The molecule has 1 N–H and O–H groups in total. The Kier molecular flexibility index (Phi) is 4.42. The van der Waals surface area contributed by atoms with Gasteiger partial charge >= 0.3 is 6.18 Å². The molecule has 21 heavy (non-hydrogen) atoms. The highest BCUT2D eigenvalue weighted by molar-refractivity contribution is 6.33. The molecular formula is C13H8ClF4N3. The van der Waals surface area contributed by atoms with Crippen molar-refractivity contribution in [3.8, 4) is 0 Å². The number of pyridine rings is 1. The van der Waals surface area contributed by atoms with E-state index in [-0.39, 0.29) is 16.4 Å². The summed E-state index contributed by atoms with van der Waals surface area (Å²) >= 11 is 5.78. The van der Waals surface area contributed by atoms with Crippen LogP contribution in [0.1, 0.15) is 11.1 Å². The molecule has 0 aliphatic heterocycles. The molecule has 0 atom stereocenters. The molecule has 0 amide bonds. The highest BCUT2D eigenvalue weighted by Crippen LogP contribution is 2.28. The van der Waals surface area contributed by atoms with E-state index < -0.39 is 17.6 Å².